The smallest absolute Gasteiger partial charge is 0.407 e. The van der Waals surface area contributed by atoms with Crippen molar-refractivity contribution in [2.24, 2.45) is 5.92 Å². The fourth-order valence-corrected chi connectivity index (χ4v) is 3.84. The summed E-state index contributed by atoms with van der Waals surface area (Å²) in [5.41, 5.74) is 4.45. The third-order valence-electron chi connectivity index (χ3n) is 5.85. The molecule has 164 valence electrons. The number of amides is 2. The molecule has 0 bridgehead atoms. The molecule has 1 unspecified atom stereocenters. The van der Waals surface area contributed by atoms with Crippen LogP contribution in [0, 0.1) is 5.92 Å². The number of carboxylic acid groups (broad SMARTS) is 1. The van der Waals surface area contributed by atoms with Crippen molar-refractivity contribution in [2.45, 2.75) is 45.2 Å². The zero-order valence-corrected chi connectivity index (χ0v) is 17.9. The van der Waals surface area contributed by atoms with Crippen LogP contribution < -0.4 is 10.6 Å². The molecule has 0 spiro atoms. The maximum atomic E-state index is 12.4. The number of alkyl carbamates (subject to hydrolysis) is 1. The number of benzene rings is 2. The molecule has 31 heavy (non-hydrogen) atoms. The van der Waals surface area contributed by atoms with Crippen molar-refractivity contribution >= 4 is 18.0 Å². The number of aliphatic carboxylic acids is 1. The molecule has 1 aliphatic carbocycles. The Bertz CT molecular complexity index is 928. The van der Waals surface area contributed by atoms with Crippen LogP contribution in [0.1, 0.15) is 44.2 Å². The number of hydrogen-bond donors (Lipinski definition) is 3. The number of carbonyl (C=O) groups excluding carboxylic acids is 2. The molecular formula is C24H28N2O5. The summed E-state index contributed by atoms with van der Waals surface area (Å²) in [7, 11) is 0. The lowest BCUT2D eigenvalue weighted by molar-refractivity contribution is -0.143. The Morgan fingerprint density at radius 3 is 2.03 bits per heavy atom. The third kappa shape index (κ3) is 4.87. The van der Waals surface area contributed by atoms with Crippen LogP contribution in [0.5, 0.6) is 0 Å². The molecule has 7 heteroatoms. The highest BCUT2D eigenvalue weighted by Gasteiger charge is 2.30. The van der Waals surface area contributed by atoms with Crippen LogP contribution in [0.4, 0.5) is 4.79 Å². The van der Waals surface area contributed by atoms with Crippen LogP contribution in [0.15, 0.2) is 48.5 Å². The minimum atomic E-state index is -1.10. The maximum Gasteiger partial charge on any atom is 0.407 e. The predicted octanol–water partition coefficient (Wildman–Crippen LogP) is 3.53. The summed E-state index contributed by atoms with van der Waals surface area (Å²) in [6, 6.07) is 14.1. The van der Waals surface area contributed by atoms with Crippen molar-refractivity contribution in [3.8, 4) is 11.1 Å². The number of fused-ring (bicyclic) bond motifs is 3. The molecule has 0 fully saturated rings. The van der Waals surface area contributed by atoms with E-state index in [0.29, 0.717) is 6.42 Å². The fraction of sp³-hybridized carbons (Fsp3) is 0.375. The first-order chi connectivity index (χ1) is 14.8. The van der Waals surface area contributed by atoms with Gasteiger partial charge in [0.1, 0.15) is 18.7 Å². The van der Waals surface area contributed by atoms with Gasteiger partial charge < -0.3 is 20.5 Å². The van der Waals surface area contributed by atoms with Crippen LogP contribution in [-0.4, -0.2) is 41.8 Å². The quantitative estimate of drug-likeness (QED) is 0.601. The number of ether oxygens (including phenoxy) is 1. The van der Waals surface area contributed by atoms with E-state index in [0.717, 1.165) is 22.3 Å². The summed E-state index contributed by atoms with van der Waals surface area (Å²) in [6.07, 6.45) is -0.120. The van der Waals surface area contributed by atoms with Gasteiger partial charge in [0.2, 0.25) is 5.91 Å². The summed E-state index contributed by atoms with van der Waals surface area (Å²) < 4.78 is 5.44. The Kier molecular flexibility index (Phi) is 6.95. The Balaban J connectivity index is 1.59. The van der Waals surface area contributed by atoms with Gasteiger partial charge >= 0.3 is 12.1 Å². The van der Waals surface area contributed by atoms with Crippen molar-refractivity contribution in [1.29, 1.82) is 0 Å². The molecule has 2 amide bonds. The predicted molar refractivity (Wildman–Crippen MR) is 117 cm³/mol. The SMILES string of the molecule is CCC(C)[C@H](NC(=O)[C@@H](C)NC(=O)OCC1c2ccccc2-c2ccccc21)C(=O)O. The molecule has 0 saturated carbocycles. The second-order valence-electron chi connectivity index (χ2n) is 7.90. The van der Waals surface area contributed by atoms with Gasteiger partial charge in [-0.3, -0.25) is 4.79 Å². The van der Waals surface area contributed by atoms with Crippen LogP contribution >= 0.6 is 0 Å². The molecule has 3 N–H and O–H groups in total. The fourth-order valence-electron chi connectivity index (χ4n) is 3.84. The third-order valence-corrected chi connectivity index (χ3v) is 5.85. The topological polar surface area (TPSA) is 105 Å². The molecule has 3 atom stereocenters. The molecule has 2 aromatic carbocycles. The summed E-state index contributed by atoms with van der Waals surface area (Å²) in [5, 5.41) is 14.3. The van der Waals surface area contributed by atoms with Crippen LogP contribution in [0.25, 0.3) is 11.1 Å². The summed E-state index contributed by atoms with van der Waals surface area (Å²) in [6.45, 7) is 5.24. The summed E-state index contributed by atoms with van der Waals surface area (Å²) >= 11 is 0. The average molecular weight is 424 g/mol. The van der Waals surface area contributed by atoms with Gasteiger partial charge in [-0.1, -0.05) is 68.8 Å². The lowest BCUT2D eigenvalue weighted by atomic mass is 9.98. The van der Waals surface area contributed by atoms with E-state index in [9.17, 15) is 19.5 Å². The number of carbonyl (C=O) groups is 3. The van der Waals surface area contributed by atoms with Crippen LogP contribution in [-0.2, 0) is 14.3 Å². The highest BCUT2D eigenvalue weighted by molar-refractivity contribution is 5.89. The van der Waals surface area contributed by atoms with E-state index in [1.54, 1.807) is 6.92 Å². The molecule has 7 nitrogen and oxygen atoms in total. The molecule has 0 heterocycles. The number of nitrogens with one attached hydrogen (secondary N) is 2. The first-order valence-corrected chi connectivity index (χ1v) is 10.5. The van der Waals surface area contributed by atoms with Gasteiger partial charge in [-0.2, -0.15) is 0 Å². The van der Waals surface area contributed by atoms with Crippen LogP contribution in [0.2, 0.25) is 0 Å². The van der Waals surface area contributed by atoms with Gasteiger partial charge in [0.05, 0.1) is 0 Å². The Morgan fingerprint density at radius 2 is 1.52 bits per heavy atom. The largest absolute Gasteiger partial charge is 0.480 e. The average Bonchev–Trinajstić information content (AvgIpc) is 3.08. The lowest BCUT2D eigenvalue weighted by Gasteiger charge is -2.22. The number of hydrogen-bond acceptors (Lipinski definition) is 4. The zero-order chi connectivity index (χ0) is 22.5. The van der Waals surface area contributed by atoms with E-state index in [-0.39, 0.29) is 18.4 Å². The van der Waals surface area contributed by atoms with Gasteiger partial charge in [0, 0.05) is 5.92 Å². The molecule has 0 aromatic heterocycles. The first-order valence-electron chi connectivity index (χ1n) is 10.5. The zero-order valence-electron chi connectivity index (χ0n) is 17.9. The molecule has 0 aliphatic heterocycles. The molecular weight excluding hydrogens is 396 g/mol. The van der Waals surface area contributed by atoms with Gasteiger partial charge in [0.15, 0.2) is 0 Å². The van der Waals surface area contributed by atoms with Gasteiger partial charge in [-0.25, -0.2) is 9.59 Å². The second-order valence-corrected chi connectivity index (χ2v) is 7.90. The normalized spacial score (nSPS) is 15.2. The van der Waals surface area contributed by atoms with E-state index in [1.165, 1.54) is 6.92 Å². The number of carboxylic acids is 1. The highest BCUT2D eigenvalue weighted by atomic mass is 16.5. The van der Waals surface area contributed by atoms with E-state index in [1.807, 2.05) is 43.3 Å². The highest BCUT2D eigenvalue weighted by Crippen LogP contribution is 2.44. The van der Waals surface area contributed by atoms with Crippen molar-refractivity contribution in [3.63, 3.8) is 0 Å². The van der Waals surface area contributed by atoms with Crippen molar-refractivity contribution in [3.05, 3.63) is 59.7 Å². The molecule has 2 aromatic rings. The van der Waals surface area contributed by atoms with E-state index < -0.39 is 30.1 Å². The first kappa shape index (κ1) is 22.3. The van der Waals surface area contributed by atoms with Gasteiger partial charge in [0.25, 0.3) is 0 Å². The van der Waals surface area contributed by atoms with E-state index >= 15 is 0 Å². The maximum absolute atomic E-state index is 12.4. The summed E-state index contributed by atoms with van der Waals surface area (Å²) in [5.74, 6) is -1.98. The van der Waals surface area contributed by atoms with Gasteiger partial charge in [-0.05, 0) is 35.1 Å². The Morgan fingerprint density at radius 1 is 0.968 bits per heavy atom. The molecule has 1 aliphatic rings. The monoisotopic (exact) mass is 424 g/mol. The number of rotatable bonds is 8. The van der Waals surface area contributed by atoms with Crippen LogP contribution in [0.3, 0.4) is 0 Å². The minimum absolute atomic E-state index is 0.0796. The molecule has 3 rings (SSSR count). The second kappa shape index (κ2) is 9.64. The Labute approximate surface area is 181 Å². The summed E-state index contributed by atoms with van der Waals surface area (Å²) in [4.78, 5) is 36.1. The van der Waals surface area contributed by atoms with E-state index in [4.69, 9.17) is 4.74 Å². The molecule has 0 radical (unpaired) electrons. The molecule has 0 saturated heterocycles. The van der Waals surface area contributed by atoms with Gasteiger partial charge in [-0.15, -0.1) is 0 Å². The Hall–Kier alpha value is -3.35. The van der Waals surface area contributed by atoms with E-state index in [2.05, 4.69) is 22.8 Å². The van der Waals surface area contributed by atoms with Crippen molar-refractivity contribution < 1.29 is 24.2 Å². The minimum Gasteiger partial charge on any atom is -0.480 e. The van der Waals surface area contributed by atoms with Crippen molar-refractivity contribution in [1.82, 2.24) is 10.6 Å². The van der Waals surface area contributed by atoms with Crippen molar-refractivity contribution in [2.75, 3.05) is 6.61 Å². The standard InChI is InChI=1S/C24H28N2O5/c1-4-14(2)21(23(28)29)26-22(27)15(3)25-24(30)31-13-20-18-11-7-5-9-16(18)17-10-6-8-12-19(17)20/h5-12,14-15,20-21H,4,13H2,1-3H3,(H,25,30)(H,26,27)(H,28,29)/t14?,15-,21+/m1/s1. The lowest BCUT2D eigenvalue weighted by Crippen LogP contribution is -2.52.